The summed E-state index contributed by atoms with van der Waals surface area (Å²) in [6.07, 6.45) is 1.76. The van der Waals surface area contributed by atoms with Crippen molar-refractivity contribution in [1.82, 2.24) is 0 Å². The molecule has 4 nitrogen and oxygen atoms in total. The number of hydrogen-bond acceptors (Lipinski definition) is 5. The SMILES string of the molecule is Fc1cc(-c2ccc3c(c2)OCO3)ccc1CO[C@H]1C[C@@H](N=C=S)C1. The van der Waals surface area contributed by atoms with Crippen LogP contribution in [0.4, 0.5) is 4.39 Å². The van der Waals surface area contributed by atoms with E-state index in [9.17, 15) is 4.39 Å². The lowest BCUT2D eigenvalue weighted by atomic mass is 9.90. The summed E-state index contributed by atoms with van der Waals surface area (Å²) in [4.78, 5) is 4.01. The van der Waals surface area contributed by atoms with Crippen LogP contribution in [0.5, 0.6) is 11.5 Å². The van der Waals surface area contributed by atoms with Crippen molar-refractivity contribution >= 4 is 17.4 Å². The molecule has 1 aliphatic carbocycles. The Bertz CT molecular complexity index is 845. The molecule has 1 saturated carbocycles. The maximum absolute atomic E-state index is 14.4. The first-order valence-electron chi connectivity index (χ1n) is 8.10. The van der Waals surface area contributed by atoms with Crippen LogP contribution in [0.1, 0.15) is 18.4 Å². The number of rotatable bonds is 5. The van der Waals surface area contributed by atoms with Gasteiger partial charge in [-0.1, -0.05) is 18.2 Å². The van der Waals surface area contributed by atoms with Crippen LogP contribution >= 0.6 is 12.2 Å². The van der Waals surface area contributed by atoms with Gasteiger partial charge in [0.05, 0.1) is 23.9 Å². The molecule has 2 aliphatic rings. The van der Waals surface area contributed by atoms with E-state index in [2.05, 4.69) is 22.4 Å². The van der Waals surface area contributed by atoms with Crippen molar-refractivity contribution < 1.29 is 18.6 Å². The van der Waals surface area contributed by atoms with E-state index in [1.54, 1.807) is 6.07 Å². The molecule has 6 heteroatoms. The minimum Gasteiger partial charge on any atom is -0.454 e. The van der Waals surface area contributed by atoms with E-state index < -0.39 is 0 Å². The van der Waals surface area contributed by atoms with E-state index in [-0.39, 0.29) is 31.4 Å². The van der Waals surface area contributed by atoms with E-state index in [0.29, 0.717) is 17.1 Å². The highest BCUT2D eigenvalue weighted by molar-refractivity contribution is 7.78. The van der Waals surface area contributed by atoms with Gasteiger partial charge in [0.1, 0.15) is 5.82 Å². The Balaban J connectivity index is 1.42. The van der Waals surface area contributed by atoms with Gasteiger partial charge in [0.25, 0.3) is 0 Å². The summed E-state index contributed by atoms with van der Waals surface area (Å²) in [5, 5.41) is 2.39. The van der Waals surface area contributed by atoms with Crippen LogP contribution in [0.25, 0.3) is 11.1 Å². The molecule has 0 radical (unpaired) electrons. The molecule has 0 bridgehead atoms. The Morgan fingerprint density at radius 3 is 2.68 bits per heavy atom. The molecule has 0 spiro atoms. The highest BCUT2D eigenvalue weighted by Crippen LogP contribution is 2.36. The third kappa shape index (κ3) is 3.42. The van der Waals surface area contributed by atoms with Crippen molar-refractivity contribution in [2.24, 2.45) is 4.99 Å². The zero-order valence-electron chi connectivity index (χ0n) is 13.4. The Labute approximate surface area is 150 Å². The average Bonchev–Trinajstić information content (AvgIpc) is 3.05. The van der Waals surface area contributed by atoms with Gasteiger partial charge >= 0.3 is 0 Å². The van der Waals surface area contributed by atoms with E-state index >= 15 is 0 Å². The van der Waals surface area contributed by atoms with Crippen LogP contribution < -0.4 is 9.47 Å². The number of aliphatic imine (C=N–C) groups is 1. The van der Waals surface area contributed by atoms with Crippen LogP contribution in [0.15, 0.2) is 41.4 Å². The molecule has 1 heterocycles. The zero-order chi connectivity index (χ0) is 17.2. The van der Waals surface area contributed by atoms with E-state index in [0.717, 1.165) is 24.0 Å². The topological polar surface area (TPSA) is 40.0 Å². The van der Waals surface area contributed by atoms with Gasteiger partial charge in [-0.2, -0.15) is 0 Å². The second kappa shape index (κ2) is 6.92. The highest BCUT2D eigenvalue weighted by Gasteiger charge is 2.29. The molecular formula is C19H16FNO3S. The number of fused-ring (bicyclic) bond motifs is 1. The first kappa shape index (κ1) is 16.2. The number of hydrogen-bond donors (Lipinski definition) is 0. The van der Waals surface area contributed by atoms with Crippen LogP contribution in [0.3, 0.4) is 0 Å². The molecule has 2 aromatic rings. The molecule has 1 fully saturated rings. The smallest absolute Gasteiger partial charge is 0.231 e. The van der Waals surface area contributed by atoms with Crippen molar-refractivity contribution in [3.63, 3.8) is 0 Å². The molecule has 128 valence electrons. The van der Waals surface area contributed by atoms with Gasteiger partial charge in [-0.15, -0.1) is 0 Å². The summed E-state index contributed by atoms with van der Waals surface area (Å²) < 4.78 is 30.8. The minimum absolute atomic E-state index is 0.116. The quantitative estimate of drug-likeness (QED) is 0.588. The summed E-state index contributed by atoms with van der Waals surface area (Å²) >= 11 is 4.58. The Morgan fingerprint density at radius 2 is 1.88 bits per heavy atom. The number of thiocarbonyl (C=S) groups is 1. The van der Waals surface area contributed by atoms with Crippen molar-refractivity contribution in [3.05, 3.63) is 47.8 Å². The molecule has 0 atom stereocenters. The van der Waals surface area contributed by atoms with Crippen LogP contribution in [-0.4, -0.2) is 24.1 Å². The maximum atomic E-state index is 14.4. The van der Waals surface area contributed by atoms with Gasteiger partial charge in [-0.05, 0) is 54.4 Å². The molecule has 1 aliphatic heterocycles. The predicted molar refractivity (Wildman–Crippen MR) is 94.6 cm³/mol. The van der Waals surface area contributed by atoms with Gasteiger partial charge < -0.3 is 14.2 Å². The first-order valence-corrected chi connectivity index (χ1v) is 8.51. The lowest BCUT2D eigenvalue weighted by Gasteiger charge is -2.31. The molecule has 0 N–H and O–H groups in total. The third-order valence-electron chi connectivity index (χ3n) is 4.54. The summed E-state index contributed by atoms with van der Waals surface area (Å²) in [7, 11) is 0. The van der Waals surface area contributed by atoms with Crippen LogP contribution in [0.2, 0.25) is 0 Å². The molecule has 0 aromatic heterocycles. The maximum Gasteiger partial charge on any atom is 0.231 e. The molecular weight excluding hydrogens is 341 g/mol. The second-order valence-corrected chi connectivity index (χ2v) is 6.34. The van der Waals surface area contributed by atoms with Crippen molar-refractivity contribution in [1.29, 1.82) is 0 Å². The molecule has 0 saturated heterocycles. The minimum atomic E-state index is -0.275. The number of nitrogens with zero attached hydrogens (tertiary/aromatic N) is 1. The van der Waals surface area contributed by atoms with Gasteiger partial charge in [0, 0.05) is 5.56 Å². The Hall–Kier alpha value is -2.27. The van der Waals surface area contributed by atoms with Crippen LogP contribution in [-0.2, 0) is 11.3 Å². The van der Waals surface area contributed by atoms with Gasteiger partial charge in [-0.3, -0.25) is 0 Å². The monoisotopic (exact) mass is 357 g/mol. The fraction of sp³-hybridized carbons (Fsp3) is 0.316. The van der Waals surface area contributed by atoms with E-state index in [1.165, 1.54) is 6.07 Å². The first-order chi connectivity index (χ1) is 12.2. The number of isothiocyanates is 1. The normalized spacial score (nSPS) is 20.7. The van der Waals surface area contributed by atoms with E-state index in [4.69, 9.17) is 14.2 Å². The summed E-state index contributed by atoms with van der Waals surface area (Å²) in [6.45, 7) is 0.479. The molecule has 0 amide bonds. The highest BCUT2D eigenvalue weighted by atomic mass is 32.1. The molecule has 2 aromatic carbocycles. The fourth-order valence-electron chi connectivity index (χ4n) is 2.98. The number of benzene rings is 2. The summed E-state index contributed by atoms with van der Waals surface area (Å²) in [6, 6.07) is 11.0. The average molecular weight is 357 g/mol. The lowest BCUT2D eigenvalue weighted by Crippen LogP contribution is -2.34. The predicted octanol–water partition coefficient (Wildman–Crippen LogP) is 4.37. The molecule has 0 unspecified atom stereocenters. The fourth-order valence-corrected chi connectivity index (χ4v) is 3.13. The number of ether oxygens (including phenoxy) is 3. The Morgan fingerprint density at radius 1 is 1.12 bits per heavy atom. The van der Waals surface area contributed by atoms with Crippen molar-refractivity contribution in [2.75, 3.05) is 6.79 Å². The van der Waals surface area contributed by atoms with Crippen molar-refractivity contribution in [3.8, 4) is 22.6 Å². The van der Waals surface area contributed by atoms with Gasteiger partial charge in [-0.25, -0.2) is 9.38 Å². The standard InChI is InChI=1S/C19H16FNO3S/c20-17-5-12(13-3-4-18-19(6-13)24-11-23-18)1-2-14(17)9-22-16-7-15(8-16)21-10-25/h1-6,15-16H,7-9,11H2/t15-,16+. The van der Waals surface area contributed by atoms with Gasteiger partial charge in [0.2, 0.25) is 6.79 Å². The summed E-state index contributed by atoms with van der Waals surface area (Å²) in [5.74, 6) is 1.12. The lowest BCUT2D eigenvalue weighted by molar-refractivity contribution is -0.0192. The largest absolute Gasteiger partial charge is 0.454 e. The van der Waals surface area contributed by atoms with Crippen molar-refractivity contribution in [2.45, 2.75) is 31.6 Å². The van der Waals surface area contributed by atoms with Crippen LogP contribution in [0, 0.1) is 5.82 Å². The summed E-state index contributed by atoms with van der Waals surface area (Å²) in [5.41, 5.74) is 2.22. The Kier molecular flexibility index (Phi) is 4.49. The third-order valence-corrected chi connectivity index (χ3v) is 4.64. The molecule has 4 rings (SSSR count). The van der Waals surface area contributed by atoms with Gasteiger partial charge in [0.15, 0.2) is 11.5 Å². The zero-order valence-corrected chi connectivity index (χ0v) is 14.2. The van der Waals surface area contributed by atoms with E-state index in [1.807, 2.05) is 24.3 Å². The second-order valence-electron chi connectivity index (χ2n) is 6.15. The number of halogens is 1. The molecule has 25 heavy (non-hydrogen) atoms.